The molecule has 1 aromatic carbocycles. The van der Waals surface area contributed by atoms with Crippen LogP contribution in [0.25, 0.3) is 0 Å². The van der Waals surface area contributed by atoms with Crippen LogP contribution in [0.4, 0.5) is 5.69 Å². The summed E-state index contributed by atoms with van der Waals surface area (Å²) in [5.41, 5.74) is -1.17. The normalized spacial score (nSPS) is 11.2. The fourth-order valence-corrected chi connectivity index (χ4v) is 1.95. The van der Waals surface area contributed by atoms with Gasteiger partial charge in [0.05, 0.1) is 10.5 Å². The van der Waals surface area contributed by atoms with Gasteiger partial charge in [-0.2, -0.15) is 0 Å². The number of likely N-dealkylation sites (N-methyl/N-ethyl adjacent to an activating group) is 1. The Bertz CT molecular complexity index is 526. The maximum atomic E-state index is 12.3. The lowest BCUT2D eigenvalue weighted by Crippen LogP contribution is -2.42. The van der Waals surface area contributed by atoms with Crippen molar-refractivity contribution in [3.8, 4) is 0 Å². The molecule has 0 aliphatic carbocycles. The highest BCUT2D eigenvalue weighted by atomic mass is 35.5. The van der Waals surface area contributed by atoms with Gasteiger partial charge in [-0.1, -0.05) is 11.6 Å². The van der Waals surface area contributed by atoms with Crippen LogP contribution in [0.1, 0.15) is 31.1 Å². The molecule has 7 heteroatoms. The fraction of sp³-hybridized carbons (Fsp3) is 0.462. The summed E-state index contributed by atoms with van der Waals surface area (Å²) in [7, 11) is 0. The van der Waals surface area contributed by atoms with Crippen molar-refractivity contribution in [2.75, 3.05) is 13.1 Å². The zero-order chi connectivity index (χ0) is 15.5. The molecule has 0 aromatic heterocycles. The Balaban J connectivity index is 3.07. The van der Waals surface area contributed by atoms with Gasteiger partial charge in [-0.25, -0.2) is 0 Å². The molecule has 110 valence electrons. The molecule has 20 heavy (non-hydrogen) atoms. The van der Waals surface area contributed by atoms with E-state index < -0.39 is 10.5 Å². The molecule has 1 N–H and O–H groups in total. The number of nitro groups is 1. The van der Waals surface area contributed by atoms with E-state index in [0.29, 0.717) is 6.54 Å². The van der Waals surface area contributed by atoms with Crippen LogP contribution in [0, 0.1) is 10.1 Å². The minimum atomic E-state index is -1.04. The van der Waals surface area contributed by atoms with Gasteiger partial charge in [0.25, 0.3) is 11.6 Å². The van der Waals surface area contributed by atoms with Crippen molar-refractivity contribution in [2.45, 2.75) is 26.4 Å². The van der Waals surface area contributed by atoms with Crippen molar-refractivity contribution in [2.24, 2.45) is 0 Å². The van der Waals surface area contributed by atoms with Gasteiger partial charge >= 0.3 is 0 Å². The highest BCUT2D eigenvalue weighted by Gasteiger charge is 2.24. The summed E-state index contributed by atoms with van der Waals surface area (Å²) in [4.78, 5) is 23.9. The van der Waals surface area contributed by atoms with E-state index in [0.717, 1.165) is 6.07 Å². The van der Waals surface area contributed by atoms with Crippen LogP contribution in [-0.2, 0) is 0 Å². The first kappa shape index (κ1) is 16.4. The Morgan fingerprint density at radius 3 is 2.55 bits per heavy atom. The van der Waals surface area contributed by atoms with Gasteiger partial charge in [-0.3, -0.25) is 14.9 Å². The Kier molecular flexibility index (Phi) is 5.08. The second-order valence-corrected chi connectivity index (χ2v) is 5.46. The third-order valence-electron chi connectivity index (χ3n) is 2.64. The van der Waals surface area contributed by atoms with Crippen molar-refractivity contribution < 1.29 is 14.8 Å². The second kappa shape index (κ2) is 6.19. The van der Waals surface area contributed by atoms with Crippen LogP contribution in [0.2, 0.25) is 5.02 Å². The monoisotopic (exact) mass is 300 g/mol. The zero-order valence-corrected chi connectivity index (χ0v) is 12.3. The third kappa shape index (κ3) is 4.18. The Morgan fingerprint density at radius 2 is 2.10 bits per heavy atom. The van der Waals surface area contributed by atoms with Crippen LogP contribution in [0.15, 0.2) is 18.2 Å². The molecule has 0 unspecified atom stereocenters. The van der Waals surface area contributed by atoms with Crippen molar-refractivity contribution >= 4 is 23.2 Å². The minimum Gasteiger partial charge on any atom is -0.389 e. The molecule has 1 aromatic rings. The predicted molar refractivity (Wildman–Crippen MR) is 76.0 cm³/mol. The van der Waals surface area contributed by atoms with Gasteiger partial charge in [0.15, 0.2) is 0 Å². The molecule has 0 heterocycles. The van der Waals surface area contributed by atoms with Gasteiger partial charge in [0.2, 0.25) is 0 Å². The van der Waals surface area contributed by atoms with Crippen molar-refractivity contribution in [3.05, 3.63) is 38.9 Å². The van der Waals surface area contributed by atoms with E-state index in [9.17, 15) is 20.0 Å². The number of halogens is 1. The van der Waals surface area contributed by atoms with Crippen LogP contribution >= 0.6 is 11.6 Å². The van der Waals surface area contributed by atoms with E-state index in [1.807, 2.05) is 0 Å². The lowest BCUT2D eigenvalue weighted by atomic mass is 10.1. The first-order valence-corrected chi connectivity index (χ1v) is 6.49. The van der Waals surface area contributed by atoms with Crippen molar-refractivity contribution in [1.29, 1.82) is 0 Å². The van der Waals surface area contributed by atoms with Crippen molar-refractivity contribution in [1.82, 2.24) is 4.90 Å². The molecule has 0 atom stereocenters. The van der Waals surface area contributed by atoms with E-state index >= 15 is 0 Å². The molecule has 6 nitrogen and oxygen atoms in total. The molecule has 0 aliphatic heterocycles. The number of hydrogen-bond acceptors (Lipinski definition) is 4. The molecule has 0 radical (unpaired) electrons. The van der Waals surface area contributed by atoms with E-state index in [2.05, 4.69) is 0 Å². The first-order chi connectivity index (χ1) is 9.15. The number of rotatable bonds is 5. The summed E-state index contributed by atoms with van der Waals surface area (Å²) in [6, 6.07) is 3.91. The second-order valence-electron chi connectivity index (χ2n) is 5.06. The summed E-state index contributed by atoms with van der Waals surface area (Å²) in [5.74, 6) is -0.380. The van der Waals surface area contributed by atoms with E-state index in [4.69, 9.17) is 11.6 Å². The topological polar surface area (TPSA) is 83.7 Å². The molecule has 0 bridgehead atoms. The van der Waals surface area contributed by atoms with E-state index in [1.54, 1.807) is 20.8 Å². The maximum Gasteiger partial charge on any atom is 0.288 e. The van der Waals surface area contributed by atoms with Gasteiger partial charge in [0.1, 0.15) is 5.02 Å². The standard InChI is InChI=1S/C13H17ClN2O4/c1-4-15(8-13(2,3)18)12(17)9-5-6-10(14)11(7-9)16(19)20/h5-7,18H,4,8H2,1-3H3. The highest BCUT2D eigenvalue weighted by molar-refractivity contribution is 6.32. The molecule has 1 rings (SSSR count). The van der Waals surface area contributed by atoms with Gasteiger partial charge in [-0.05, 0) is 32.9 Å². The van der Waals surface area contributed by atoms with Crippen LogP contribution in [0.5, 0.6) is 0 Å². The molecular formula is C13H17ClN2O4. The quantitative estimate of drug-likeness (QED) is 0.669. The SMILES string of the molecule is CCN(CC(C)(C)O)C(=O)c1ccc(Cl)c([N+](=O)[O-])c1. The number of aliphatic hydroxyl groups is 1. The largest absolute Gasteiger partial charge is 0.389 e. The number of carbonyl (C=O) groups is 1. The summed E-state index contributed by atoms with van der Waals surface area (Å²) in [6.45, 7) is 5.48. The summed E-state index contributed by atoms with van der Waals surface area (Å²) >= 11 is 5.71. The minimum absolute atomic E-state index is 0.0166. The maximum absolute atomic E-state index is 12.3. The average Bonchev–Trinajstić information content (AvgIpc) is 2.34. The number of amides is 1. The van der Waals surface area contributed by atoms with Gasteiger partial charge in [0, 0.05) is 24.7 Å². The summed E-state index contributed by atoms with van der Waals surface area (Å²) < 4.78 is 0. The average molecular weight is 301 g/mol. The highest BCUT2D eigenvalue weighted by Crippen LogP contribution is 2.25. The van der Waals surface area contributed by atoms with Gasteiger partial charge < -0.3 is 10.0 Å². The number of benzene rings is 1. The smallest absolute Gasteiger partial charge is 0.288 e. The Labute approximate surface area is 122 Å². The van der Waals surface area contributed by atoms with Crippen LogP contribution in [-0.4, -0.2) is 39.5 Å². The number of nitrogens with zero attached hydrogens (tertiary/aromatic N) is 2. The summed E-state index contributed by atoms with van der Waals surface area (Å²) in [5, 5.41) is 20.6. The molecule has 0 aliphatic rings. The lowest BCUT2D eigenvalue weighted by Gasteiger charge is -2.28. The third-order valence-corrected chi connectivity index (χ3v) is 2.96. The molecule has 1 amide bonds. The van der Waals surface area contributed by atoms with Crippen molar-refractivity contribution in [3.63, 3.8) is 0 Å². The Morgan fingerprint density at radius 1 is 1.50 bits per heavy atom. The number of hydrogen-bond donors (Lipinski definition) is 1. The number of carbonyl (C=O) groups excluding carboxylic acids is 1. The molecule has 0 spiro atoms. The Hall–Kier alpha value is -1.66. The van der Waals surface area contributed by atoms with Gasteiger partial charge in [-0.15, -0.1) is 0 Å². The van der Waals surface area contributed by atoms with E-state index in [-0.39, 0.29) is 28.7 Å². The predicted octanol–water partition coefficient (Wildman–Crippen LogP) is 2.48. The molecule has 0 fully saturated rings. The zero-order valence-electron chi connectivity index (χ0n) is 11.6. The molecule has 0 saturated heterocycles. The molecule has 0 saturated carbocycles. The van der Waals surface area contributed by atoms with E-state index in [1.165, 1.54) is 17.0 Å². The summed E-state index contributed by atoms with van der Waals surface area (Å²) in [6.07, 6.45) is 0. The number of nitro benzene ring substituents is 1. The first-order valence-electron chi connectivity index (χ1n) is 6.11. The van der Waals surface area contributed by atoms with Crippen LogP contribution in [0.3, 0.4) is 0 Å². The fourth-order valence-electron chi connectivity index (χ4n) is 1.76. The van der Waals surface area contributed by atoms with Crippen LogP contribution < -0.4 is 0 Å². The lowest BCUT2D eigenvalue weighted by molar-refractivity contribution is -0.384. The molecular weight excluding hydrogens is 284 g/mol.